The molecule has 0 bridgehead atoms. The number of hydrogen-bond donors (Lipinski definition) is 4. The molecule has 0 aliphatic heterocycles. The summed E-state index contributed by atoms with van der Waals surface area (Å²) in [5, 5.41) is 16.4. The largest absolute Gasteiger partial charge is 0.416 e. The standard InChI is InChI=1S/C31H35F5N4O4/c1-3-8-40(9-4-2)30(44)21-14-26(38-28(42)15-21)29(43)39-25(13-20-11-23(32)16-24(33)12-20)27(41)18-37-17-19-6-5-7-22(10-19)31(34,35)36/h5-7,10-12,14-16,25,27,37,41H,3-4,8-9,13,17-18H2,1-2H3,(H,38,42)(H,39,43)/t25-,27+/m0/s1. The molecule has 0 fully saturated rings. The van der Waals surface area contributed by atoms with Crippen molar-refractivity contribution in [3.05, 3.63) is 105 Å². The minimum atomic E-state index is -4.53. The average molecular weight is 623 g/mol. The molecule has 13 heteroatoms. The Hall–Kier alpha value is -4.10. The van der Waals surface area contributed by atoms with E-state index in [0.717, 1.165) is 30.3 Å². The summed E-state index contributed by atoms with van der Waals surface area (Å²) in [6.45, 7) is 4.42. The molecule has 3 aromatic rings. The van der Waals surface area contributed by atoms with Crippen LogP contribution in [0.5, 0.6) is 0 Å². The molecule has 0 radical (unpaired) electrons. The fraction of sp³-hybridized carbons (Fsp3) is 0.387. The number of aromatic nitrogens is 1. The Morgan fingerprint density at radius 2 is 1.61 bits per heavy atom. The number of nitrogens with zero attached hydrogens (tertiary/aromatic N) is 1. The number of nitrogens with one attached hydrogen (secondary N) is 3. The van der Waals surface area contributed by atoms with Crippen molar-refractivity contribution >= 4 is 11.8 Å². The highest BCUT2D eigenvalue weighted by Gasteiger charge is 2.30. The van der Waals surface area contributed by atoms with Crippen LogP contribution in [-0.4, -0.2) is 58.6 Å². The van der Waals surface area contributed by atoms with Gasteiger partial charge < -0.3 is 25.6 Å². The van der Waals surface area contributed by atoms with E-state index in [1.165, 1.54) is 18.2 Å². The van der Waals surface area contributed by atoms with Crippen LogP contribution in [-0.2, 0) is 19.1 Å². The van der Waals surface area contributed by atoms with Crippen LogP contribution in [0.2, 0.25) is 0 Å². The van der Waals surface area contributed by atoms with Gasteiger partial charge in [-0.15, -0.1) is 0 Å². The Kier molecular flexibility index (Phi) is 12.2. The summed E-state index contributed by atoms with van der Waals surface area (Å²) in [5.74, 6) is -3.05. The molecule has 0 unspecified atom stereocenters. The molecule has 2 atom stereocenters. The summed E-state index contributed by atoms with van der Waals surface area (Å²) in [5.41, 5.74) is -1.42. The van der Waals surface area contributed by atoms with E-state index in [2.05, 4.69) is 15.6 Å². The van der Waals surface area contributed by atoms with Crippen molar-refractivity contribution < 1.29 is 36.6 Å². The maximum absolute atomic E-state index is 13.9. The van der Waals surface area contributed by atoms with Gasteiger partial charge in [0.05, 0.1) is 17.7 Å². The Balaban J connectivity index is 1.81. The number of hydrogen-bond acceptors (Lipinski definition) is 5. The van der Waals surface area contributed by atoms with Crippen LogP contribution in [0.4, 0.5) is 22.0 Å². The maximum atomic E-state index is 13.9. The first-order valence-electron chi connectivity index (χ1n) is 14.1. The van der Waals surface area contributed by atoms with E-state index in [-0.39, 0.29) is 36.3 Å². The predicted molar refractivity (Wildman–Crippen MR) is 154 cm³/mol. The number of aliphatic hydroxyl groups is 1. The third kappa shape index (κ3) is 9.98. The Morgan fingerprint density at radius 3 is 2.23 bits per heavy atom. The highest BCUT2D eigenvalue weighted by Crippen LogP contribution is 2.29. The number of rotatable bonds is 14. The number of halogens is 5. The fourth-order valence-electron chi connectivity index (χ4n) is 4.70. The van der Waals surface area contributed by atoms with Crippen LogP contribution in [0.1, 0.15) is 64.2 Å². The first kappa shape index (κ1) is 34.4. The number of amides is 2. The Labute approximate surface area is 251 Å². The second-order valence-electron chi connectivity index (χ2n) is 10.4. The van der Waals surface area contributed by atoms with Gasteiger partial charge in [0, 0.05) is 43.9 Å². The van der Waals surface area contributed by atoms with Crippen molar-refractivity contribution in [3.63, 3.8) is 0 Å². The monoisotopic (exact) mass is 622 g/mol. The molecule has 0 saturated carbocycles. The van der Waals surface area contributed by atoms with E-state index in [1.54, 1.807) is 4.90 Å². The minimum absolute atomic E-state index is 0.00662. The quantitative estimate of drug-likeness (QED) is 0.199. The van der Waals surface area contributed by atoms with Crippen LogP contribution >= 0.6 is 0 Å². The summed E-state index contributed by atoms with van der Waals surface area (Å²) in [6.07, 6.45) is -4.79. The molecule has 0 saturated heterocycles. The van der Waals surface area contributed by atoms with E-state index in [9.17, 15) is 41.4 Å². The first-order valence-corrected chi connectivity index (χ1v) is 14.1. The molecule has 0 aliphatic carbocycles. The summed E-state index contributed by atoms with van der Waals surface area (Å²) < 4.78 is 67.0. The second kappa shape index (κ2) is 15.6. The molecule has 2 amide bonds. The molecule has 3 rings (SSSR count). The van der Waals surface area contributed by atoms with E-state index in [0.29, 0.717) is 37.6 Å². The van der Waals surface area contributed by atoms with Crippen molar-refractivity contribution in [1.82, 2.24) is 20.5 Å². The summed E-state index contributed by atoms with van der Waals surface area (Å²) >= 11 is 0. The van der Waals surface area contributed by atoms with E-state index >= 15 is 0 Å². The van der Waals surface area contributed by atoms with Gasteiger partial charge >= 0.3 is 6.18 Å². The van der Waals surface area contributed by atoms with E-state index < -0.39 is 52.9 Å². The van der Waals surface area contributed by atoms with Gasteiger partial charge in [0.1, 0.15) is 17.3 Å². The molecule has 1 heterocycles. The van der Waals surface area contributed by atoms with Crippen LogP contribution in [0.3, 0.4) is 0 Å². The van der Waals surface area contributed by atoms with Crippen molar-refractivity contribution in [2.24, 2.45) is 0 Å². The fourth-order valence-corrected chi connectivity index (χ4v) is 4.70. The minimum Gasteiger partial charge on any atom is -0.390 e. The van der Waals surface area contributed by atoms with Gasteiger partial charge in [-0.1, -0.05) is 32.0 Å². The summed E-state index contributed by atoms with van der Waals surface area (Å²) in [4.78, 5) is 42.6. The lowest BCUT2D eigenvalue weighted by molar-refractivity contribution is -0.137. The third-order valence-electron chi connectivity index (χ3n) is 6.71. The lowest BCUT2D eigenvalue weighted by atomic mass is 10.00. The molecule has 4 N–H and O–H groups in total. The number of H-pyrrole nitrogens is 1. The third-order valence-corrected chi connectivity index (χ3v) is 6.71. The van der Waals surface area contributed by atoms with Gasteiger partial charge in [-0.3, -0.25) is 14.4 Å². The van der Waals surface area contributed by atoms with Crippen molar-refractivity contribution in [2.75, 3.05) is 19.6 Å². The SMILES string of the molecule is CCCN(CCC)C(=O)c1cc(C(=O)N[C@@H](Cc2cc(F)cc(F)c2)[C@H](O)CNCc2cccc(C(F)(F)F)c2)[nH]c(=O)c1. The predicted octanol–water partition coefficient (Wildman–Crippen LogP) is 4.43. The molecule has 8 nitrogen and oxygen atoms in total. The van der Waals surface area contributed by atoms with Gasteiger partial charge in [-0.2, -0.15) is 13.2 Å². The molecule has 2 aromatic carbocycles. The lowest BCUT2D eigenvalue weighted by Gasteiger charge is -2.25. The van der Waals surface area contributed by atoms with Crippen LogP contribution in [0.25, 0.3) is 0 Å². The topological polar surface area (TPSA) is 115 Å². The molecule has 0 aliphatic rings. The zero-order valence-electron chi connectivity index (χ0n) is 24.3. The zero-order valence-corrected chi connectivity index (χ0v) is 24.3. The lowest BCUT2D eigenvalue weighted by Crippen LogP contribution is -2.49. The normalized spacial score (nSPS) is 12.9. The van der Waals surface area contributed by atoms with Gasteiger partial charge in [-0.05, 0) is 54.7 Å². The highest BCUT2D eigenvalue weighted by molar-refractivity contribution is 5.98. The maximum Gasteiger partial charge on any atom is 0.416 e. The average Bonchev–Trinajstić information content (AvgIpc) is 2.95. The molecule has 1 aromatic heterocycles. The van der Waals surface area contributed by atoms with Gasteiger partial charge in [-0.25, -0.2) is 8.78 Å². The van der Waals surface area contributed by atoms with Crippen molar-refractivity contribution in [1.29, 1.82) is 0 Å². The Bertz CT molecular complexity index is 1470. The molecule has 238 valence electrons. The molecule has 44 heavy (non-hydrogen) atoms. The van der Waals surface area contributed by atoms with Gasteiger partial charge in [0.25, 0.3) is 11.8 Å². The zero-order chi connectivity index (χ0) is 32.4. The number of aromatic amines is 1. The number of pyridine rings is 1. The van der Waals surface area contributed by atoms with Gasteiger partial charge in [0.2, 0.25) is 5.56 Å². The van der Waals surface area contributed by atoms with Crippen LogP contribution < -0.4 is 16.2 Å². The summed E-state index contributed by atoms with van der Waals surface area (Å²) in [7, 11) is 0. The number of aliphatic hydroxyl groups excluding tert-OH is 1. The van der Waals surface area contributed by atoms with E-state index in [1.807, 2.05) is 13.8 Å². The Morgan fingerprint density at radius 1 is 0.955 bits per heavy atom. The molecule has 0 spiro atoms. The number of carbonyl (C=O) groups is 2. The van der Waals surface area contributed by atoms with Crippen molar-refractivity contribution in [2.45, 2.75) is 58.0 Å². The number of alkyl halides is 3. The van der Waals surface area contributed by atoms with E-state index in [4.69, 9.17) is 0 Å². The first-order chi connectivity index (χ1) is 20.8. The van der Waals surface area contributed by atoms with Crippen LogP contribution in [0, 0.1) is 11.6 Å². The summed E-state index contributed by atoms with van der Waals surface area (Å²) in [6, 6.07) is 8.46. The molecular formula is C31H35F5N4O4. The molecular weight excluding hydrogens is 587 g/mol. The smallest absolute Gasteiger partial charge is 0.390 e. The number of carbonyl (C=O) groups excluding carboxylic acids is 2. The van der Waals surface area contributed by atoms with Crippen LogP contribution in [0.15, 0.2) is 59.4 Å². The second-order valence-corrected chi connectivity index (χ2v) is 10.4. The van der Waals surface area contributed by atoms with Crippen molar-refractivity contribution in [3.8, 4) is 0 Å². The van der Waals surface area contributed by atoms with Gasteiger partial charge in [0.15, 0.2) is 0 Å². The number of benzene rings is 2. The highest BCUT2D eigenvalue weighted by atomic mass is 19.4.